The number of ether oxygens (including phenoxy) is 1. The highest BCUT2D eigenvalue weighted by atomic mass is 35.5. The Morgan fingerprint density at radius 1 is 1.00 bits per heavy atom. The highest BCUT2D eigenvalue weighted by Crippen LogP contribution is 2.23. The lowest BCUT2D eigenvalue weighted by Crippen LogP contribution is -2.30. The number of hydrogen-bond donors (Lipinski definition) is 1. The highest BCUT2D eigenvalue weighted by molar-refractivity contribution is 6.42. The first-order valence-corrected chi connectivity index (χ1v) is 6.78. The normalized spacial score (nSPS) is 12.2. The van der Waals surface area contributed by atoms with E-state index in [2.05, 4.69) is 0 Å². The van der Waals surface area contributed by atoms with Crippen LogP contribution in [0.2, 0.25) is 10.0 Å². The summed E-state index contributed by atoms with van der Waals surface area (Å²) >= 11 is 11.8. The van der Waals surface area contributed by atoms with E-state index in [-0.39, 0.29) is 6.04 Å². The topological polar surface area (TPSA) is 35.2 Å². The number of hydrogen-bond acceptors (Lipinski definition) is 2. The van der Waals surface area contributed by atoms with Gasteiger partial charge in [-0.2, -0.15) is 0 Å². The Bertz CT molecular complexity index is 531. The Hall–Kier alpha value is -1.22. The molecule has 2 N–H and O–H groups in total. The molecular weight excluding hydrogens is 281 g/mol. The second kappa shape index (κ2) is 6.80. The largest absolute Gasteiger partial charge is 0.492 e. The molecule has 1 atom stereocenters. The number of para-hydroxylation sites is 1. The predicted molar refractivity (Wildman–Crippen MR) is 80.1 cm³/mol. The van der Waals surface area contributed by atoms with Gasteiger partial charge in [-0.15, -0.1) is 0 Å². The van der Waals surface area contributed by atoms with E-state index in [1.807, 2.05) is 42.5 Å². The molecule has 0 amide bonds. The summed E-state index contributed by atoms with van der Waals surface area (Å²) in [4.78, 5) is 0. The van der Waals surface area contributed by atoms with Crippen LogP contribution in [0.1, 0.15) is 5.56 Å². The van der Waals surface area contributed by atoms with Crippen molar-refractivity contribution in [3.8, 4) is 5.75 Å². The number of benzene rings is 2. The second-order valence-electron chi connectivity index (χ2n) is 4.34. The molecule has 100 valence electrons. The first-order valence-electron chi connectivity index (χ1n) is 6.02. The van der Waals surface area contributed by atoms with Crippen LogP contribution in [0.15, 0.2) is 48.5 Å². The lowest BCUT2D eigenvalue weighted by Gasteiger charge is -2.13. The molecule has 1 unspecified atom stereocenters. The maximum atomic E-state index is 6.04. The molecule has 0 saturated carbocycles. The molecule has 2 nitrogen and oxygen atoms in total. The van der Waals surface area contributed by atoms with Crippen molar-refractivity contribution in [2.24, 2.45) is 5.73 Å². The fraction of sp³-hybridized carbons (Fsp3) is 0.200. The molecular formula is C15H15Cl2NO. The van der Waals surface area contributed by atoms with Gasteiger partial charge in [0.05, 0.1) is 10.0 Å². The molecule has 0 aromatic heterocycles. The fourth-order valence-corrected chi connectivity index (χ4v) is 2.07. The Balaban J connectivity index is 1.87. The van der Waals surface area contributed by atoms with Crippen LogP contribution < -0.4 is 10.5 Å². The van der Waals surface area contributed by atoms with Gasteiger partial charge >= 0.3 is 0 Å². The van der Waals surface area contributed by atoms with Gasteiger partial charge in [-0.3, -0.25) is 0 Å². The number of halogens is 2. The third-order valence-corrected chi connectivity index (χ3v) is 3.43. The lowest BCUT2D eigenvalue weighted by atomic mass is 10.1. The van der Waals surface area contributed by atoms with Crippen LogP contribution in [-0.2, 0) is 6.42 Å². The van der Waals surface area contributed by atoms with Gasteiger partial charge in [0.25, 0.3) is 0 Å². The van der Waals surface area contributed by atoms with Crippen LogP contribution in [0, 0.1) is 0 Å². The van der Waals surface area contributed by atoms with E-state index in [1.54, 1.807) is 6.07 Å². The molecule has 2 aromatic carbocycles. The van der Waals surface area contributed by atoms with Crippen molar-refractivity contribution in [2.45, 2.75) is 12.5 Å². The van der Waals surface area contributed by atoms with Crippen LogP contribution in [0.4, 0.5) is 0 Å². The van der Waals surface area contributed by atoms with Gasteiger partial charge in [-0.05, 0) is 36.2 Å². The van der Waals surface area contributed by atoms with Crippen molar-refractivity contribution in [2.75, 3.05) is 6.61 Å². The van der Waals surface area contributed by atoms with E-state index in [0.29, 0.717) is 23.1 Å². The summed E-state index contributed by atoms with van der Waals surface area (Å²) in [6, 6.07) is 15.1. The smallest absolute Gasteiger partial charge is 0.119 e. The summed E-state index contributed by atoms with van der Waals surface area (Å²) in [5.41, 5.74) is 7.09. The minimum Gasteiger partial charge on any atom is -0.492 e. The standard InChI is InChI=1S/C15H15Cl2NO/c16-14-7-6-11(9-15(14)17)8-12(18)10-19-13-4-2-1-3-5-13/h1-7,9,12H,8,10,18H2. The average molecular weight is 296 g/mol. The molecule has 4 heteroatoms. The maximum absolute atomic E-state index is 6.04. The van der Waals surface area contributed by atoms with Crippen molar-refractivity contribution < 1.29 is 4.74 Å². The Kier molecular flexibility index (Phi) is 5.08. The molecule has 19 heavy (non-hydrogen) atoms. The summed E-state index contributed by atoms with van der Waals surface area (Å²) in [6.45, 7) is 0.463. The summed E-state index contributed by atoms with van der Waals surface area (Å²) < 4.78 is 5.61. The molecule has 2 rings (SSSR count). The monoisotopic (exact) mass is 295 g/mol. The predicted octanol–water partition coefficient (Wildman–Crippen LogP) is 3.94. The van der Waals surface area contributed by atoms with Crippen molar-refractivity contribution in [1.82, 2.24) is 0 Å². The third kappa shape index (κ3) is 4.43. The van der Waals surface area contributed by atoms with Gasteiger partial charge in [0.15, 0.2) is 0 Å². The van der Waals surface area contributed by atoms with Crippen molar-refractivity contribution in [3.63, 3.8) is 0 Å². The SMILES string of the molecule is NC(COc1ccccc1)Cc1ccc(Cl)c(Cl)c1. The fourth-order valence-electron chi connectivity index (χ4n) is 1.75. The Labute approximate surface area is 123 Å². The molecule has 0 aliphatic carbocycles. The molecule has 0 fully saturated rings. The summed E-state index contributed by atoms with van der Waals surface area (Å²) in [6.07, 6.45) is 0.698. The van der Waals surface area contributed by atoms with Gasteiger partial charge < -0.3 is 10.5 Å². The van der Waals surface area contributed by atoms with Gasteiger partial charge in [-0.1, -0.05) is 47.5 Å². The van der Waals surface area contributed by atoms with Crippen LogP contribution >= 0.6 is 23.2 Å². The number of rotatable bonds is 5. The minimum absolute atomic E-state index is 0.0857. The lowest BCUT2D eigenvalue weighted by molar-refractivity contribution is 0.287. The van der Waals surface area contributed by atoms with E-state index in [4.69, 9.17) is 33.7 Å². The Morgan fingerprint density at radius 2 is 1.74 bits per heavy atom. The van der Waals surface area contributed by atoms with Gasteiger partial charge in [0, 0.05) is 6.04 Å². The third-order valence-electron chi connectivity index (χ3n) is 2.69. The van der Waals surface area contributed by atoms with E-state index >= 15 is 0 Å². The van der Waals surface area contributed by atoms with E-state index in [1.165, 1.54) is 0 Å². The number of nitrogens with two attached hydrogens (primary N) is 1. The molecule has 0 bridgehead atoms. The first-order chi connectivity index (χ1) is 9.15. The van der Waals surface area contributed by atoms with Crippen molar-refractivity contribution >= 4 is 23.2 Å². The second-order valence-corrected chi connectivity index (χ2v) is 5.15. The van der Waals surface area contributed by atoms with Crippen LogP contribution in [0.3, 0.4) is 0 Å². The maximum Gasteiger partial charge on any atom is 0.119 e. The van der Waals surface area contributed by atoms with Gasteiger partial charge in [0.1, 0.15) is 12.4 Å². The van der Waals surface area contributed by atoms with Crippen LogP contribution in [-0.4, -0.2) is 12.6 Å². The van der Waals surface area contributed by atoms with Gasteiger partial charge in [0.2, 0.25) is 0 Å². The average Bonchev–Trinajstić information content (AvgIpc) is 2.42. The van der Waals surface area contributed by atoms with Gasteiger partial charge in [-0.25, -0.2) is 0 Å². The molecule has 0 aliphatic rings. The highest BCUT2D eigenvalue weighted by Gasteiger charge is 2.07. The Morgan fingerprint density at radius 3 is 2.42 bits per heavy atom. The summed E-state index contributed by atoms with van der Waals surface area (Å²) in [5.74, 6) is 0.826. The quantitative estimate of drug-likeness (QED) is 0.907. The molecule has 0 aliphatic heterocycles. The molecule has 0 spiro atoms. The zero-order valence-corrected chi connectivity index (χ0v) is 11.9. The zero-order chi connectivity index (χ0) is 13.7. The van der Waals surface area contributed by atoms with E-state index in [0.717, 1.165) is 11.3 Å². The van der Waals surface area contributed by atoms with Crippen molar-refractivity contribution in [3.05, 3.63) is 64.1 Å². The summed E-state index contributed by atoms with van der Waals surface area (Å²) in [7, 11) is 0. The summed E-state index contributed by atoms with van der Waals surface area (Å²) in [5, 5.41) is 1.11. The molecule has 2 aromatic rings. The zero-order valence-electron chi connectivity index (χ0n) is 10.4. The van der Waals surface area contributed by atoms with Crippen LogP contribution in [0.5, 0.6) is 5.75 Å². The van der Waals surface area contributed by atoms with Crippen LogP contribution in [0.25, 0.3) is 0 Å². The molecule has 0 heterocycles. The first kappa shape index (κ1) is 14.2. The van der Waals surface area contributed by atoms with E-state index in [9.17, 15) is 0 Å². The van der Waals surface area contributed by atoms with Crippen molar-refractivity contribution in [1.29, 1.82) is 0 Å². The minimum atomic E-state index is -0.0857. The molecule has 0 radical (unpaired) electrons. The molecule has 0 saturated heterocycles. The van der Waals surface area contributed by atoms with E-state index < -0.39 is 0 Å².